The molecule has 0 spiro atoms. The minimum atomic E-state index is -1.26. The Kier molecular flexibility index (Phi) is 3.93. The van der Waals surface area contributed by atoms with Crippen LogP contribution in [0.15, 0.2) is 54.6 Å². The van der Waals surface area contributed by atoms with Crippen molar-refractivity contribution in [1.82, 2.24) is 0 Å². The van der Waals surface area contributed by atoms with Crippen molar-refractivity contribution in [1.29, 1.82) is 0 Å². The fraction of sp³-hybridized carbons (Fsp3) is 0.211. The first-order valence-electron chi connectivity index (χ1n) is 7.62. The van der Waals surface area contributed by atoms with Crippen LogP contribution in [0.4, 0.5) is 5.69 Å². The molecule has 1 aliphatic rings. The predicted molar refractivity (Wildman–Crippen MR) is 92.0 cm³/mol. The van der Waals surface area contributed by atoms with Gasteiger partial charge in [0, 0.05) is 17.5 Å². The standard InChI is InChI=1S/C19H17N2O3/c1-19(13-21(23)24)16(12-14-8-4-3-5-9-14)15-10-6-7-11-17(15)20(2)18(19)22/h3-11H,13H2,1-2H3/t19-/m1/s1. The van der Waals surface area contributed by atoms with Crippen molar-refractivity contribution in [2.75, 3.05) is 18.5 Å². The zero-order valence-corrected chi connectivity index (χ0v) is 13.5. The van der Waals surface area contributed by atoms with E-state index in [-0.39, 0.29) is 5.91 Å². The molecule has 3 rings (SSSR count). The molecular formula is C19H17N2O3. The Balaban J connectivity index is 2.26. The average Bonchev–Trinajstić information content (AvgIpc) is 2.57. The topological polar surface area (TPSA) is 63.5 Å². The zero-order chi connectivity index (χ0) is 17.3. The first kappa shape index (κ1) is 15.9. The van der Waals surface area contributed by atoms with Gasteiger partial charge in [0.1, 0.15) is 5.41 Å². The molecule has 1 atom stereocenters. The van der Waals surface area contributed by atoms with E-state index in [9.17, 15) is 14.9 Å². The zero-order valence-electron chi connectivity index (χ0n) is 13.5. The number of hydrogen-bond donors (Lipinski definition) is 0. The summed E-state index contributed by atoms with van der Waals surface area (Å²) in [6, 6.07) is 16.8. The van der Waals surface area contributed by atoms with Crippen molar-refractivity contribution >= 4 is 17.2 Å². The molecule has 0 bridgehead atoms. The Morgan fingerprint density at radius 2 is 1.75 bits per heavy atom. The van der Waals surface area contributed by atoms with Crippen LogP contribution in [-0.2, 0) is 4.79 Å². The van der Waals surface area contributed by atoms with Gasteiger partial charge in [-0.15, -0.1) is 0 Å². The number of carbonyl (C=O) groups is 1. The fourth-order valence-corrected chi connectivity index (χ4v) is 3.14. The Morgan fingerprint density at radius 3 is 2.42 bits per heavy atom. The minimum absolute atomic E-state index is 0.295. The Bertz CT molecular complexity index is 830. The highest BCUT2D eigenvalue weighted by Crippen LogP contribution is 2.46. The lowest BCUT2D eigenvalue weighted by Crippen LogP contribution is -2.48. The average molecular weight is 321 g/mol. The van der Waals surface area contributed by atoms with Gasteiger partial charge in [0.2, 0.25) is 12.5 Å². The molecule has 0 saturated heterocycles. The summed E-state index contributed by atoms with van der Waals surface area (Å²) in [6.45, 7) is 1.15. The van der Waals surface area contributed by atoms with Crippen molar-refractivity contribution in [2.24, 2.45) is 5.41 Å². The minimum Gasteiger partial charge on any atom is -0.314 e. The van der Waals surface area contributed by atoms with Gasteiger partial charge in [-0.3, -0.25) is 14.9 Å². The molecule has 0 unspecified atom stereocenters. The number of nitro groups is 1. The fourth-order valence-electron chi connectivity index (χ4n) is 3.14. The lowest BCUT2D eigenvalue weighted by Gasteiger charge is -2.38. The van der Waals surface area contributed by atoms with Crippen LogP contribution >= 0.6 is 0 Å². The van der Waals surface area contributed by atoms with Crippen LogP contribution in [0.5, 0.6) is 0 Å². The number of hydrogen-bond acceptors (Lipinski definition) is 3. The van der Waals surface area contributed by atoms with Gasteiger partial charge in [0.25, 0.3) is 0 Å². The van der Waals surface area contributed by atoms with Crippen molar-refractivity contribution in [3.8, 4) is 0 Å². The lowest BCUT2D eigenvalue weighted by atomic mass is 9.73. The Hall–Kier alpha value is -2.95. The van der Waals surface area contributed by atoms with Crippen molar-refractivity contribution in [3.05, 3.63) is 81.9 Å². The molecule has 0 N–H and O–H groups in total. The molecule has 2 aromatic rings. The van der Waals surface area contributed by atoms with Crippen molar-refractivity contribution in [3.63, 3.8) is 0 Å². The SMILES string of the molecule is CN1C(=O)[C@](C)(C[N+](=O)[O-])C(=[C]c2ccccc2)c2ccccc21. The van der Waals surface area contributed by atoms with E-state index in [1.165, 1.54) is 4.90 Å². The van der Waals surface area contributed by atoms with Crippen molar-refractivity contribution < 1.29 is 9.72 Å². The Morgan fingerprint density at radius 1 is 1.12 bits per heavy atom. The molecule has 1 aliphatic heterocycles. The number of amides is 1. The van der Waals surface area contributed by atoms with Gasteiger partial charge in [-0.2, -0.15) is 0 Å². The van der Waals surface area contributed by atoms with Gasteiger partial charge in [-0.1, -0.05) is 48.5 Å². The predicted octanol–water partition coefficient (Wildman–Crippen LogP) is 3.18. The van der Waals surface area contributed by atoms with Crippen LogP contribution in [-0.4, -0.2) is 24.4 Å². The van der Waals surface area contributed by atoms with Gasteiger partial charge >= 0.3 is 0 Å². The molecule has 0 aromatic heterocycles. The van der Waals surface area contributed by atoms with Crippen LogP contribution < -0.4 is 4.90 Å². The van der Waals surface area contributed by atoms with E-state index < -0.39 is 16.9 Å². The number of fused-ring (bicyclic) bond motifs is 1. The van der Waals surface area contributed by atoms with E-state index in [1.807, 2.05) is 54.6 Å². The van der Waals surface area contributed by atoms with Crippen LogP contribution in [0, 0.1) is 21.6 Å². The molecule has 1 heterocycles. The smallest absolute Gasteiger partial charge is 0.243 e. The highest BCUT2D eigenvalue weighted by molar-refractivity contribution is 6.11. The molecule has 0 aliphatic carbocycles. The largest absolute Gasteiger partial charge is 0.314 e. The molecule has 1 radical (unpaired) electrons. The van der Waals surface area contributed by atoms with Gasteiger partial charge in [-0.05, 0) is 30.2 Å². The number of benzene rings is 2. The molecule has 0 saturated carbocycles. The maximum atomic E-state index is 12.9. The summed E-state index contributed by atoms with van der Waals surface area (Å²) in [5, 5.41) is 11.2. The van der Waals surface area contributed by atoms with Crippen LogP contribution in [0.1, 0.15) is 18.1 Å². The van der Waals surface area contributed by atoms with Crippen LogP contribution in [0.3, 0.4) is 0 Å². The molecule has 0 fully saturated rings. The van der Waals surface area contributed by atoms with E-state index >= 15 is 0 Å². The molecule has 5 nitrogen and oxygen atoms in total. The summed E-state index contributed by atoms with van der Waals surface area (Å²) in [6.07, 6.45) is 3.25. The number of rotatable bonds is 3. The van der Waals surface area contributed by atoms with Gasteiger partial charge in [-0.25, -0.2) is 0 Å². The summed E-state index contributed by atoms with van der Waals surface area (Å²) >= 11 is 0. The summed E-state index contributed by atoms with van der Waals surface area (Å²) in [4.78, 5) is 25.2. The quantitative estimate of drug-likeness (QED) is 0.644. The number of carbonyl (C=O) groups excluding carboxylic acids is 1. The summed E-state index contributed by atoms with van der Waals surface area (Å²) in [5.74, 6) is -0.295. The second kappa shape index (κ2) is 5.92. The summed E-state index contributed by atoms with van der Waals surface area (Å²) < 4.78 is 0. The first-order chi connectivity index (χ1) is 11.4. The molecule has 121 valence electrons. The maximum absolute atomic E-state index is 12.9. The highest BCUT2D eigenvalue weighted by atomic mass is 16.6. The van der Waals surface area contributed by atoms with Gasteiger partial charge in [0.05, 0.1) is 5.69 Å². The molecule has 1 amide bonds. The number of nitrogens with zero attached hydrogens (tertiary/aromatic N) is 2. The summed E-state index contributed by atoms with van der Waals surface area (Å²) in [7, 11) is 1.65. The van der Waals surface area contributed by atoms with Crippen molar-refractivity contribution in [2.45, 2.75) is 6.92 Å². The van der Waals surface area contributed by atoms with E-state index in [0.29, 0.717) is 5.57 Å². The van der Waals surface area contributed by atoms with E-state index in [2.05, 4.69) is 6.08 Å². The third-order valence-electron chi connectivity index (χ3n) is 4.35. The monoisotopic (exact) mass is 321 g/mol. The highest BCUT2D eigenvalue weighted by Gasteiger charge is 2.49. The lowest BCUT2D eigenvalue weighted by molar-refractivity contribution is -0.489. The second-order valence-electron chi connectivity index (χ2n) is 6.07. The van der Waals surface area contributed by atoms with E-state index in [4.69, 9.17) is 0 Å². The normalized spacial score (nSPS) is 21.7. The number of para-hydroxylation sites is 1. The summed E-state index contributed by atoms with van der Waals surface area (Å²) in [5.41, 5.74) is 1.62. The van der Waals surface area contributed by atoms with Gasteiger partial charge in [0.15, 0.2) is 0 Å². The van der Waals surface area contributed by atoms with Gasteiger partial charge < -0.3 is 4.90 Å². The van der Waals surface area contributed by atoms with E-state index in [1.54, 1.807) is 14.0 Å². The molecule has 24 heavy (non-hydrogen) atoms. The van der Waals surface area contributed by atoms with Crippen LogP contribution in [0.25, 0.3) is 5.57 Å². The number of anilines is 1. The first-order valence-corrected chi connectivity index (χ1v) is 7.62. The van der Waals surface area contributed by atoms with E-state index in [0.717, 1.165) is 16.8 Å². The third kappa shape index (κ3) is 2.58. The Labute approximate surface area is 140 Å². The molecule has 5 heteroatoms. The van der Waals surface area contributed by atoms with Crippen LogP contribution in [0.2, 0.25) is 0 Å². The molecular weight excluding hydrogens is 304 g/mol. The molecule has 2 aromatic carbocycles. The maximum Gasteiger partial charge on any atom is 0.243 e. The third-order valence-corrected chi connectivity index (χ3v) is 4.35. The second-order valence-corrected chi connectivity index (χ2v) is 6.07.